The SMILES string of the molecule is Cc1ccc([N+](=O)[O-])cc1OCC(C)CS. The summed E-state index contributed by atoms with van der Waals surface area (Å²) in [6.07, 6.45) is 0. The topological polar surface area (TPSA) is 52.4 Å². The van der Waals surface area contributed by atoms with E-state index < -0.39 is 4.92 Å². The zero-order valence-electron chi connectivity index (χ0n) is 9.34. The Balaban J connectivity index is 2.78. The highest BCUT2D eigenvalue weighted by Crippen LogP contribution is 2.24. The van der Waals surface area contributed by atoms with Gasteiger partial charge in [0.1, 0.15) is 5.75 Å². The molecule has 1 atom stereocenters. The summed E-state index contributed by atoms with van der Waals surface area (Å²) in [7, 11) is 0. The predicted molar refractivity (Wildman–Crippen MR) is 66.3 cm³/mol. The molecule has 0 saturated carbocycles. The van der Waals surface area contributed by atoms with Gasteiger partial charge in [-0.1, -0.05) is 6.92 Å². The third kappa shape index (κ3) is 3.41. The Kier molecular flexibility index (Phi) is 4.61. The summed E-state index contributed by atoms with van der Waals surface area (Å²) in [5.41, 5.74) is 0.955. The van der Waals surface area contributed by atoms with Gasteiger partial charge in [-0.3, -0.25) is 10.1 Å². The number of benzene rings is 1. The molecular formula is C11H15NO3S. The van der Waals surface area contributed by atoms with Gasteiger partial charge in [0, 0.05) is 6.07 Å². The van der Waals surface area contributed by atoms with Crippen LogP contribution >= 0.6 is 12.6 Å². The Morgan fingerprint density at radius 1 is 1.56 bits per heavy atom. The Bertz CT molecular complexity index is 381. The lowest BCUT2D eigenvalue weighted by Gasteiger charge is -2.12. The van der Waals surface area contributed by atoms with E-state index in [4.69, 9.17) is 4.74 Å². The Morgan fingerprint density at radius 3 is 2.81 bits per heavy atom. The summed E-state index contributed by atoms with van der Waals surface area (Å²) < 4.78 is 5.53. The molecule has 0 aliphatic heterocycles. The molecule has 0 bridgehead atoms. The monoisotopic (exact) mass is 241 g/mol. The Labute approximate surface area is 100 Å². The molecule has 0 saturated heterocycles. The molecule has 1 aromatic carbocycles. The average Bonchev–Trinajstić information content (AvgIpc) is 2.27. The molecule has 0 aliphatic rings. The van der Waals surface area contributed by atoms with Crippen molar-refractivity contribution in [3.05, 3.63) is 33.9 Å². The van der Waals surface area contributed by atoms with Crippen LogP contribution in [-0.2, 0) is 0 Å². The third-order valence-electron chi connectivity index (χ3n) is 2.22. The molecule has 1 rings (SSSR count). The van der Waals surface area contributed by atoms with E-state index in [0.717, 1.165) is 11.3 Å². The van der Waals surface area contributed by atoms with Gasteiger partial charge in [-0.2, -0.15) is 12.6 Å². The van der Waals surface area contributed by atoms with Crippen molar-refractivity contribution < 1.29 is 9.66 Å². The molecule has 0 spiro atoms. The smallest absolute Gasteiger partial charge is 0.273 e. The van der Waals surface area contributed by atoms with E-state index in [9.17, 15) is 10.1 Å². The van der Waals surface area contributed by atoms with Crippen LogP contribution in [0, 0.1) is 23.0 Å². The fourth-order valence-corrected chi connectivity index (χ4v) is 1.25. The maximum atomic E-state index is 10.6. The molecule has 16 heavy (non-hydrogen) atoms. The minimum atomic E-state index is -0.422. The number of nitrogens with zero attached hydrogens (tertiary/aromatic N) is 1. The van der Waals surface area contributed by atoms with Gasteiger partial charge in [-0.25, -0.2) is 0 Å². The number of nitro groups is 1. The zero-order valence-corrected chi connectivity index (χ0v) is 10.2. The van der Waals surface area contributed by atoms with Crippen LogP contribution in [0.5, 0.6) is 5.75 Å². The van der Waals surface area contributed by atoms with Crippen LogP contribution < -0.4 is 4.74 Å². The molecule has 0 N–H and O–H groups in total. The molecule has 0 aliphatic carbocycles. The lowest BCUT2D eigenvalue weighted by atomic mass is 10.2. The quantitative estimate of drug-likeness (QED) is 0.490. The van der Waals surface area contributed by atoms with Crippen molar-refractivity contribution in [1.82, 2.24) is 0 Å². The van der Waals surface area contributed by atoms with E-state index >= 15 is 0 Å². The molecule has 0 fully saturated rings. The molecule has 0 heterocycles. The summed E-state index contributed by atoms with van der Waals surface area (Å²) >= 11 is 4.15. The summed E-state index contributed by atoms with van der Waals surface area (Å²) in [6.45, 7) is 4.40. The number of thiol groups is 1. The summed E-state index contributed by atoms with van der Waals surface area (Å²) in [5.74, 6) is 1.62. The Morgan fingerprint density at radius 2 is 2.25 bits per heavy atom. The molecular weight excluding hydrogens is 226 g/mol. The van der Waals surface area contributed by atoms with E-state index in [1.54, 1.807) is 6.07 Å². The van der Waals surface area contributed by atoms with Crippen molar-refractivity contribution >= 4 is 18.3 Å². The second kappa shape index (κ2) is 5.75. The van der Waals surface area contributed by atoms with Crippen LogP contribution in [0.25, 0.3) is 0 Å². The van der Waals surface area contributed by atoms with Gasteiger partial charge in [0.25, 0.3) is 5.69 Å². The second-order valence-electron chi connectivity index (χ2n) is 3.81. The third-order valence-corrected chi connectivity index (χ3v) is 2.84. The number of hydrogen-bond acceptors (Lipinski definition) is 4. The standard InChI is InChI=1S/C11H15NO3S/c1-8(7-16)6-15-11-5-10(12(13)14)4-3-9(11)2/h3-5,8,16H,6-7H2,1-2H3. The molecule has 1 unspecified atom stereocenters. The molecule has 5 heteroatoms. The normalized spacial score (nSPS) is 12.2. The van der Waals surface area contributed by atoms with Crippen LogP contribution in [0.3, 0.4) is 0 Å². The van der Waals surface area contributed by atoms with Gasteiger partial charge in [0.15, 0.2) is 0 Å². The van der Waals surface area contributed by atoms with Crippen LogP contribution in [-0.4, -0.2) is 17.3 Å². The lowest BCUT2D eigenvalue weighted by molar-refractivity contribution is -0.385. The van der Waals surface area contributed by atoms with Crippen molar-refractivity contribution in [2.75, 3.05) is 12.4 Å². The summed E-state index contributed by atoms with van der Waals surface area (Å²) in [6, 6.07) is 4.63. The summed E-state index contributed by atoms with van der Waals surface area (Å²) in [4.78, 5) is 10.2. The van der Waals surface area contributed by atoms with Gasteiger partial charge in [0.2, 0.25) is 0 Å². The number of rotatable bonds is 5. The van der Waals surface area contributed by atoms with E-state index in [-0.39, 0.29) is 5.69 Å². The summed E-state index contributed by atoms with van der Waals surface area (Å²) in [5, 5.41) is 10.6. The number of aryl methyl sites for hydroxylation is 1. The Hall–Kier alpha value is -1.23. The largest absolute Gasteiger partial charge is 0.493 e. The maximum absolute atomic E-state index is 10.6. The van der Waals surface area contributed by atoms with Crippen molar-refractivity contribution in [1.29, 1.82) is 0 Å². The first-order chi connectivity index (χ1) is 7.54. The minimum Gasteiger partial charge on any atom is -0.493 e. The molecule has 0 radical (unpaired) electrons. The lowest BCUT2D eigenvalue weighted by Crippen LogP contribution is -2.10. The van der Waals surface area contributed by atoms with Gasteiger partial charge in [-0.05, 0) is 30.2 Å². The average molecular weight is 241 g/mol. The van der Waals surface area contributed by atoms with Crippen molar-refractivity contribution in [2.45, 2.75) is 13.8 Å². The van der Waals surface area contributed by atoms with Crippen LogP contribution in [0.4, 0.5) is 5.69 Å². The molecule has 4 nitrogen and oxygen atoms in total. The van der Waals surface area contributed by atoms with E-state index in [1.807, 2.05) is 13.8 Å². The number of nitro benzene ring substituents is 1. The maximum Gasteiger partial charge on any atom is 0.273 e. The predicted octanol–water partition coefficient (Wildman–Crippen LogP) is 2.85. The second-order valence-corrected chi connectivity index (χ2v) is 4.17. The highest BCUT2D eigenvalue weighted by molar-refractivity contribution is 7.80. The van der Waals surface area contributed by atoms with E-state index in [0.29, 0.717) is 18.3 Å². The van der Waals surface area contributed by atoms with Gasteiger partial charge in [-0.15, -0.1) is 0 Å². The van der Waals surface area contributed by atoms with E-state index in [2.05, 4.69) is 12.6 Å². The van der Waals surface area contributed by atoms with Gasteiger partial charge in [0.05, 0.1) is 17.6 Å². The molecule has 0 aromatic heterocycles. The van der Waals surface area contributed by atoms with Crippen molar-refractivity contribution in [2.24, 2.45) is 5.92 Å². The van der Waals surface area contributed by atoms with Gasteiger partial charge < -0.3 is 4.74 Å². The van der Waals surface area contributed by atoms with Crippen LogP contribution in [0.1, 0.15) is 12.5 Å². The zero-order chi connectivity index (χ0) is 12.1. The van der Waals surface area contributed by atoms with Crippen molar-refractivity contribution in [3.63, 3.8) is 0 Å². The fourth-order valence-electron chi connectivity index (χ4n) is 1.14. The number of hydrogen-bond donors (Lipinski definition) is 1. The molecule has 88 valence electrons. The first-order valence-corrected chi connectivity index (χ1v) is 5.66. The molecule has 0 amide bonds. The first kappa shape index (κ1) is 12.8. The van der Waals surface area contributed by atoms with Gasteiger partial charge >= 0.3 is 0 Å². The highest BCUT2D eigenvalue weighted by atomic mass is 32.1. The molecule has 1 aromatic rings. The van der Waals surface area contributed by atoms with E-state index in [1.165, 1.54) is 12.1 Å². The number of non-ortho nitro benzene ring substituents is 1. The highest BCUT2D eigenvalue weighted by Gasteiger charge is 2.10. The van der Waals surface area contributed by atoms with Crippen LogP contribution in [0.15, 0.2) is 18.2 Å². The van der Waals surface area contributed by atoms with Crippen molar-refractivity contribution in [3.8, 4) is 5.75 Å². The minimum absolute atomic E-state index is 0.0547. The number of ether oxygens (including phenoxy) is 1. The first-order valence-electron chi connectivity index (χ1n) is 5.03. The van der Waals surface area contributed by atoms with Crippen LogP contribution in [0.2, 0.25) is 0 Å². The fraction of sp³-hybridized carbons (Fsp3) is 0.455.